The molecule has 2 aliphatic carbocycles. The van der Waals surface area contributed by atoms with Crippen LogP contribution in [0.25, 0.3) is 0 Å². The van der Waals surface area contributed by atoms with Crippen molar-refractivity contribution >= 4 is 11.8 Å². The number of ketones is 1. The van der Waals surface area contributed by atoms with Crippen LogP contribution in [0.2, 0.25) is 0 Å². The summed E-state index contributed by atoms with van der Waals surface area (Å²) in [6.45, 7) is 14.3. The molecule has 4 atom stereocenters. The van der Waals surface area contributed by atoms with E-state index in [2.05, 4.69) is 20.1 Å². The van der Waals surface area contributed by atoms with E-state index in [9.17, 15) is 14.7 Å². The molecule has 0 aromatic carbocycles. The Kier molecular flexibility index (Phi) is 6.48. The van der Waals surface area contributed by atoms with E-state index in [0.29, 0.717) is 18.8 Å². The van der Waals surface area contributed by atoms with Crippen molar-refractivity contribution in [1.29, 1.82) is 0 Å². The molecule has 0 unspecified atom stereocenters. The lowest BCUT2D eigenvalue weighted by Crippen LogP contribution is -2.43. The van der Waals surface area contributed by atoms with Crippen molar-refractivity contribution in [3.8, 4) is 0 Å². The Bertz CT molecular complexity index is 676. The van der Waals surface area contributed by atoms with Crippen LogP contribution < -0.4 is 0 Å². The van der Waals surface area contributed by atoms with Crippen molar-refractivity contribution in [1.82, 2.24) is 0 Å². The average Bonchev–Trinajstić information content (AvgIpc) is 2.96. The summed E-state index contributed by atoms with van der Waals surface area (Å²) in [5.74, 6) is -0.379. The maximum Gasteiger partial charge on any atom is 0.304 e. The number of carboxylic acid groups (broad SMARTS) is 1. The molecule has 0 aromatic rings. The van der Waals surface area contributed by atoms with Crippen molar-refractivity contribution in [2.24, 2.45) is 16.7 Å². The second-order valence-corrected chi connectivity index (χ2v) is 8.26. The number of carboxylic acids is 1. The van der Waals surface area contributed by atoms with Gasteiger partial charge in [-0.1, -0.05) is 32.1 Å². The SMILES string of the molecule is C=C[C@](C)(CC(=O)O)[C@@H](OCOC)C(=C)[C@]12CCC(=O)C1=C(C)[C@H](C)CC2. The topological polar surface area (TPSA) is 72.8 Å². The highest BCUT2D eigenvalue weighted by molar-refractivity contribution is 6.01. The van der Waals surface area contributed by atoms with Gasteiger partial charge in [-0.15, -0.1) is 6.58 Å². The van der Waals surface area contributed by atoms with Gasteiger partial charge in [0, 0.05) is 29.9 Å². The minimum absolute atomic E-state index is 0.0190. The van der Waals surface area contributed by atoms with Crippen LogP contribution in [0.15, 0.2) is 36.0 Å². The first kappa shape index (κ1) is 21.6. The quantitative estimate of drug-likeness (QED) is 0.480. The molecular weight excluding hydrogens is 344 g/mol. The monoisotopic (exact) mass is 376 g/mol. The van der Waals surface area contributed by atoms with Gasteiger partial charge >= 0.3 is 5.97 Å². The van der Waals surface area contributed by atoms with Crippen molar-refractivity contribution in [2.75, 3.05) is 13.9 Å². The number of hydrogen-bond donors (Lipinski definition) is 1. The molecule has 2 aliphatic rings. The van der Waals surface area contributed by atoms with Gasteiger partial charge in [-0.05, 0) is 37.7 Å². The number of ether oxygens (including phenoxy) is 2. The van der Waals surface area contributed by atoms with Crippen LogP contribution in [0.3, 0.4) is 0 Å². The largest absolute Gasteiger partial charge is 0.481 e. The minimum atomic E-state index is -0.930. The molecule has 5 heteroatoms. The molecule has 0 heterocycles. The zero-order valence-corrected chi connectivity index (χ0v) is 17.0. The Balaban J connectivity index is 2.53. The summed E-state index contributed by atoms with van der Waals surface area (Å²) in [7, 11) is 1.53. The number of carbonyl (C=O) groups is 2. The Morgan fingerprint density at radius 2 is 2.15 bits per heavy atom. The van der Waals surface area contributed by atoms with E-state index in [1.165, 1.54) is 7.11 Å². The van der Waals surface area contributed by atoms with Gasteiger partial charge in [0.15, 0.2) is 5.78 Å². The predicted molar refractivity (Wildman–Crippen MR) is 104 cm³/mol. The first-order chi connectivity index (χ1) is 12.6. The van der Waals surface area contributed by atoms with E-state index in [0.717, 1.165) is 29.6 Å². The third kappa shape index (κ3) is 3.81. The van der Waals surface area contributed by atoms with Crippen LogP contribution >= 0.6 is 0 Å². The van der Waals surface area contributed by atoms with Gasteiger partial charge in [-0.3, -0.25) is 9.59 Å². The smallest absolute Gasteiger partial charge is 0.304 e. The van der Waals surface area contributed by atoms with Gasteiger partial charge in [0.2, 0.25) is 0 Å². The molecular formula is C22H32O5. The lowest BCUT2D eigenvalue weighted by molar-refractivity contribution is -0.143. The molecule has 1 N–H and O–H groups in total. The van der Waals surface area contributed by atoms with Crippen molar-refractivity contribution in [3.05, 3.63) is 36.0 Å². The fourth-order valence-electron chi connectivity index (χ4n) is 4.77. The van der Waals surface area contributed by atoms with E-state index < -0.39 is 22.9 Å². The van der Waals surface area contributed by atoms with E-state index in [-0.39, 0.29) is 19.0 Å². The molecule has 0 aromatic heterocycles. The maximum atomic E-state index is 12.7. The van der Waals surface area contributed by atoms with Crippen LogP contribution in [0.5, 0.6) is 0 Å². The highest BCUT2D eigenvalue weighted by Crippen LogP contribution is 2.57. The number of allylic oxidation sites excluding steroid dienone is 2. The summed E-state index contributed by atoms with van der Waals surface area (Å²) in [4.78, 5) is 24.2. The van der Waals surface area contributed by atoms with Gasteiger partial charge in [-0.25, -0.2) is 0 Å². The number of fused-ring (bicyclic) bond motifs is 1. The minimum Gasteiger partial charge on any atom is -0.481 e. The number of hydrogen-bond acceptors (Lipinski definition) is 4. The predicted octanol–water partition coefficient (Wildman–Crippen LogP) is 4.29. The van der Waals surface area contributed by atoms with Crippen LogP contribution in [0.4, 0.5) is 0 Å². The Morgan fingerprint density at radius 1 is 1.48 bits per heavy atom. The molecule has 27 heavy (non-hydrogen) atoms. The molecule has 5 nitrogen and oxygen atoms in total. The van der Waals surface area contributed by atoms with Crippen molar-refractivity contribution in [3.63, 3.8) is 0 Å². The average molecular weight is 376 g/mol. The normalized spacial score (nSPS) is 28.4. The summed E-state index contributed by atoms with van der Waals surface area (Å²) >= 11 is 0. The lowest BCUT2D eigenvalue weighted by Gasteiger charge is -2.45. The first-order valence-corrected chi connectivity index (χ1v) is 9.52. The number of rotatable bonds is 9. The number of Topliss-reactive ketones (excluding diaryl/α,β-unsaturated/α-hetero) is 1. The Hall–Kier alpha value is -1.72. The van der Waals surface area contributed by atoms with Crippen molar-refractivity contribution < 1.29 is 24.2 Å². The van der Waals surface area contributed by atoms with E-state index >= 15 is 0 Å². The summed E-state index contributed by atoms with van der Waals surface area (Å²) in [5.41, 5.74) is 1.47. The fourth-order valence-corrected chi connectivity index (χ4v) is 4.77. The zero-order valence-electron chi connectivity index (χ0n) is 17.0. The van der Waals surface area contributed by atoms with Crippen LogP contribution in [-0.4, -0.2) is 36.9 Å². The second-order valence-electron chi connectivity index (χ2n) is 8.26. The van der Waals surface area contributed by atoms with Crippen LogP contribution in [0.1, 0.15) is 52.9 Å². The van der Waals surface area contributed by atoms with Crippen molar-refractivity contribution in [2.45, 2.75) is 59.0 Å². The lowest BCUT2D eigenvalue weighted by atomic mass is 9.61. The van der Waals surface area contributed by atoms with E-state index in [1.807, 2.05) is 13.8 Å². The van der Waals surface area contributed by atoms with Gasteiger partial charge in [0.1, 0.15) is 6.79 Å². The highest BCUT2D eigenvalue weighted by atomic mass is 16.7. The highest BCUT2D eigenvalue weighted by Gasteiger charge is 2.53. The van der Waals surface area contributed by atoms with Gasteiger partial charge in [0.05, 0.1) is 12.5 Å². The molecule has 0 radical (unpaired) electrons. The Labute approximate surface area is 162 Å². The molecule has 150 valence electrons. The van der Waals surface area contributed by atoms with E-state index in [4.69, 9.17) is 9.47 Å². The molecule has 1 saturated carbocycles. The van der Waals surface area contributed by atoms with E-state index in [1.54, 1.807) is 6.08 Å². The third-order valence-electron chi connectivity index (χ3n) is 6.56. The third-order valence-corrected chi connectivity index (χ3v) is 6.56. The van der Waals surface area contributed by atoms with Crippen LogP contribution in [-0.2, 0) is 19.1 Å². The zero-order chi connectivity index (χ0) is 20.4. The van der Waals surface area contributed by atoms with Crippen LogP contribution in [0, 0.1) is 16.7 Å². The molecule has 2 rings (SSSR count). The molecule has 0 aliphatic heterocycles. The summed E-state index contributed by atoms with van der Waals surface area (Å²) < 4.78 is 11.1. The first-order valence-electron chi connectivity index (χ1n) is 9.52. The fraction of sp³-hybridized carbons (Fsp3) is 0.636. The summed E-state index contributed by atoms with van der Waals surface area (Å²) in [6, 6.07) is 0. The van der Waals surface area contributed by atoms with Gasteiger partial charge in [0.25, 0.3) is 0 Å². The number of methoxy groups -OCH3 is 1. The molecule has 0 saturated heterocycles. The molecule has 1 fully saturated rings. The summed E-state index contributed by atoms with van der Waals surface area (Å²) in [6.07, 6.45) is 3.90. The Morgan fingerprint density at radius 3 is 2.70 bits per heavy atom. The number of carbonyl (C=O) groups excluding carboxylic acids is 1. The van der Waals surface area contributed by atoms with Gasteiger partial charge in [-0.2, -0.15) is 0 Å². The second kappa shape index (κ2) is 8.11. The molecule has 0 bridgehead atoms. The maximum absolute atomic E-state index is 12.7. The molecule has 0 amide bonds. The standard InChI is InChI=1S/C22H32O5/c1-7-21(5,12-18(24)25)20(27-13-26-6)16(4)22-10-8-14(2)15(3)19(22)17(23)9-11-22/h7,14,20H,1,4,8-13H2,2-3,5-6H3,(H,24,25)/t14-,20+,21-,22+/m1/s1. The summed E-state index contributed by atoms with van der Waals surface area (Å²) in [5, 5.41) is 9.42. The molecule has 0 spiro atoms. The number of aliphatic carboxylic acids is 1. The van der Waals surface area contributed by atoms with Gasteiger partial charge < -0.3 is 14.6 Å².